The Morgan fingerprint density at radius 2 is 1.80 bits per heavy atom. The molecule has 0 unspecified atom stereocenters. The van der Waals surface area contributed by atoms with Gasteiger partial charge in [0.05, 0.1) is 4.58 Å². The van der Waals surface area contributed by atoms with Crippen LogP contribution in [0.4, 0.5) is 0 Å². The van der Waals surface area contributed by atoms with Crippen molar-refractivity contribution in [1.82, 2.24) is 0 Å². The van der Waals surface area contributed by atoms with Gasteiger partial charge in [0.25, 0.3) is 0 Å². The van der Waals surface area contributed by atoms with E-state index in [-0.39, 0.29) is 5.54 Å². The third-order valence-corrected chi connectivity index (χ3v) is 5.12. The van der Waals surface area contributed by atoms with Crippen LogP contribution in [-0.2, 0) is 0 Å². The Morgan fingerprint density at radius 1 is 1.30 bits per heavy atom. The standard InChI is InChI=1S/C7H15NS2/c1-7(2,8)6-9-4-3-5-10-6/h6H,3-5,8H2,1-2H3. The average molecular weight is 177 g/mol. The third kappa shape index (κ3) is 2.36. The van der Waals surface area contributed by atoms with Gasteiger partial charge >= 0.3 is 0 Å². The molecular weight excluding hydrogens is 162 g/mol. The van der Waals surface area contributed by atoms with E-state index in [1.165, 1.54) is 17.9 Å². The molecule has 1 aliphatic heterocycles. The second kappa shape index (κ2) is 3.37. The molecule has 0 radical (unpaired) electrons. The molecule has 0 bridgehead atoms. The van der Waals surface area contributed by atoms with Crippen LogP contribution in [0.3, 0.4) is 0 Å². The summed E-state index contributed by atoms with van der Waals surface area (Å²) in [5, 5.41) is 0. The van der Waals surface area contributed by atoms with Crippen LogP contribution in [0.15, 0.2) is 0 Å². The van der Waals surface area contributed by atoms with Crippen LogP contribution in [0.5, 0.6) is 0 Å². The summed E-state index contributed by atoms with van der Waals surface area (Å²) < 4.78 is 0.612. The number of nitrogens with two attached hydrogens (primary N) is 1. The fourth-order valence-electron chi connectivity index (χ4n) is 0.917. The van der Waals surface area contributed by atoms with E-state index in [0.29, 0.717) is 4.58 Å². The quantitative estimate of drug-likeness (QED) is 0.663. The predicted molar refractivity (Wildman–Crippen MR) is 51.6 cm³/mol. The minimum absolute atomic E-state index is 0.00421. The molecule has 1 nitrogen and oxygen atoms in total. The van der Waals surface area contributed by atoms with E-state index in [9.17, 15) is 0 Å². The second-order valence-electron chi connectivity index (χ2n) is 3.25. The fourth-order valence-corrected chi connectivity index (χ4v) is 3.97. The molecule has 60 valence electrons. The Kier molecular flexibility index (Phi) is 2.95. The first-order chi connectivity index (χ1) is 4.61. The first-order valence-electron chi connectivity index (χ1n) is 3.63. The molecule has 0 aliphatic carbocycles. The highest BCUT2D eigenvalue weighted by atomic mass is 32.2. The summed E-state index contributed by atoms with van der Waals surface area (Å²) >= 11 is 4.02. The minimum Gasteiger partial charge on any atom is -0.324 e. The maximum atomic E-state index is 5.97. The first-order valence-corrected chi connectivity index (χ1v) is 5.72. The third-order valence-electron chi connectivity index (χ3n) is 1.43. The van der Waals surface area contributed by atoms with Gasteiger partial charge in [0.2, 0.25) is 0 Å². The molecule has 0 saturated carbocycles. The Morgan fingerprint density at radius 3 is 2.10 bits per heavy atom. The molecule has 1 aliphatic rings. The number of thioether (sulfide) groups is 2. The normalized spacial score (nSPS) is 23.1. The van der Waals surface area contributed by atoms with Gasteiger partial charge in [-0.25, -0.2) is 0 Å². The van der Waals surface area contributed by atoms with Crippen molar-refractivity contribution < 1.29 is 0 Å². The van der Waals surface area contributed by atoms with Gasteiger partial charge in [0.1, 0.15) is 0 Å². The van der Waals surface area contributed by atoms with Crippen molar-refractivity contribution in [1.29, 1.82) is 0 Å². The van der Waals surface area contributed by atoms with Gasteiger partial charge in [-0.15, -0.1) is 23.5 Å². The average Bonchev–Trinajstić information content (AvgIpc) is 1.88. The van der Waals surface area contributed by atoms with Crippen LogP contribution in [0.25, 0.3) is 0 Å². The summed E-state index contributed by atoms with van der Waals surface area (Å²) in [5.41, 5.74) is 5.96. The van der Waals surface area contributed by atoms with Gasteiger partial charge in [0, 0.05) is 5.54 Å². The van der Waals surface area contributed by atoms with Crippen molar-refractivity contribution >= 4 is 23.5 Å². The molecule has 1 saturated heterocycles. The van der Waals surface area contributed by atoms with Crippen molar-refractivity contribution in [3.63, 3.8) is 0 Å². The van der Waals surface area contributed by atoms with Crippen LogP contribution >= 0.6 is 23.5 Å². The topological polar surface area (TPSA) is 26.0 Å². The van der Waals surface area contributed by atoms with Crippen molar-refractivity contribution in [2.24, 2.45) is 5.73 Å². The summed E-state index contributed by atoms with van der Waals surface area (Å²) in [6.07, 6.45) is 1.35. The van der Waals surface area contributed by atoms with Crippen molar-refractivity contribution in [3.8, 4) is 0 Å². The lowest BCUT2D eigenvalue weighted by Crippen LogP contribution is -2.42. The molecule has 0 aromatic rings. The molecule has 10 heavy (non-hydrogen) atoms. The highest BCUT2D eigenvalue weighted by Gasteiger charge is 2.27. The fraction of sp³-hybridized carbons (Fsp3) is 1.00. The smallest absolute Gasteiger partial charge is 0.0676 e. The SMILES string of the molecule is CC(C)(N)C1SCCCS1. The summed E-state index contributed by atoms with van der Waals surface area (Å²) in [4.78, 5) is 0. The maximum absolute atomic E-state index is 5.97. The van der Waals surface area contributed by atoms with Gasteiger partial charge < -0.3 is 5.73 Å². The molecular formula is C7H15NS2. The van der Waals surface area contributed by atoms with E-state index >= 15 is 0 Å². The zero-order chi connectivity index (χ0) is 7.61. The van der Waals surface area contributed by atoms with E-state index in [0.717, 1.165) is 0 Å². The molecule has 2 N–H and O–H groups in total. The zero-order valence-electron chi connectivity index (χ0n) is 6.59. The molecule has 1 fully saturated rings. The summed E-state index contributed by atoms with van der Waals surface area (Å²) in [5.74, 6) is 2.58. The first kappa shape index (κ1) is 8.75. The van der Waals surface area contributed by atoms with Gasteiger partial charge in [-0.3, -0.25) is 0 Å². The Balaban J connectivity index is 2.39. The van der Waals surface area contributed by atoms with Crippen LogP contribution in [-0.4, -0.2) is 21.6 Å². The lowest BCUT2D eigenvalue weighted by atomic mass is 10.1. The number of hydrogen-bond acceptors (Lipinski definition) is 3. The van der Waals surface area contributed by atoms with Crippen LogP contribution < -0.4 is 5.73 Å². The summed E-state index contributed by atoms with van der Waals surface area (Å²) in [7, 11) is 0. The van der Waals surface area contributed by atoms with Crippen molar-refractivity contribution in [2.75, 3.05) is 11.5 Å². The van der Waals surface area contributed by atoms with Gasteiger partial charge in [-0.2, -0.15) is 0 Å². The molecule has 0 aromatic heterocycles. The van der Waals surface area contributed by atoms with E-state index in [1.807, 2.05) is 23.5 Å². The highest BCUT2D eigenvalue weighted by molar-refractivity contribution is 8.17. The van der Waals surface area contributed by atoms with E-state index in [4.69, 9.17) is 5.73 Å². The molecule has 3 heteroatoms. The van der Waals surface area contributed by atoms with Crippen LogP contribution in [0.2, 0.25) is 0 Å². The van der Waals surface area contributed by atoms with Crippen molar-refractivity contribution in [3.05, 3.63) is 0 Å². The van der Waals surface area contributed by atoms with Gasteiger partial charge in [-0.1, -0.05) is 0 Å². The molecule has 0 amide bonds. The summed E-state index contributed by atoms with van der Waals surface area (Å²) in [6.45, 7) is 4.23. The minimum atomic E-state index is -0.00421. The zero-order valence-corrected chi connectivity index (χ0v) is 8.23. The largest absolute Gasteiger partial charge is 0.324 e. The lowest BCUT2D eigenvalue weighted by Gasteiger charge is -2.32. The highest BCUT2D eigenvalue weighted by Crippen LogP contribution is 2.36. The van der Waals surface area contributed by atoms with Gasteiger partial charge in [-0.05, 0) is 31.8 Å². The predicted octanol–water partition coefficient (Wildman–Crippen LogP) is 1.92. The Bertz CT molecular complexity index is 103. The molecule has 0 spiro atoms. The van der Waals surface area contributed by atoms with E-state index in [1.54, 1.807) is 0 Å². The molecule has 1 heterocycles. The Labute approximate surface area is 71.5 Å². The number of rotatable bonds is 1. The summed E-state index contributed by atoms with van der Waals surface area (Å²) in [6, 6.07) is 0. The van der Waals surface area contributed by atoms with E-state index < -0.39 is 0 Å². The molecule has 1 rings (SSSR count). The monoisotopic (exact) mass is 177 g/mol. The van der Waals surface area contributed by atoms with Crippen LogP contribution in [0.1, 0.15) is 20.3 Å². The second-order valence-corrected chi connectivity index (χ2v) is 5.97. The number of hydrogen-bond donors (Lipinski definition) is 1. The van der Waals surface area contributed by atoms with Gasteiger partial charge in [0.15, 0.2) is 0 Å². The lowest BCUT2D eigenvalue weighted by molar-refractivity contribution is 0.567. The van der Waals surface area contributed by atoms with Crippen molar-refractivity contribution in [2.45, 2.75) is 30.4 Å². The maximum Gasteiger partial charge on any atom is 0.0676 e. The Hall–Kier alpha value is 0.660. The van der Waals surface area contributed by atoms with Crippen LogP contribution in [0, 0.1) is 0 Å². The van der Waals surface area contributed by atoms with E-state index in [2.05, 4.69) is 13.8 Å². The molecule has 0 aromatic carbocycles. The molecule has 0 atom stereocenters.